The van der Waals surface area contributed by atoms with Crippen molar-refractivity contribution in [2.75, 3.05) is 0 Å². The quantitative estimate of drug-likeness (QED) is 0.592. The van der Waals surface area contributed by atoms with Crippen LogP contribution in [0.15, 0.2) is 0 Å². The first kappa shape index (κ1) is 13.1. The summed E-state index contributed by atoms with van der Waals surface area (Å²) in [5.74, 6) is 14.5. The molecule has 0 fully saturated rings. The molecule has 1 atom stereocenters. The summed E-state index contributed by atoms with van der Waals surface area (Å²) in [6.45, 7) is 8.54. The fourth-order valence-corrected chi connectivity index (χ4v) is 0.953. The van der Waals surface area contributed by atoms with Gasteiger partial charge >= 0.3 is 0 Å². The Kier molecular flexibility index (Phi) is 8.16. The second-order valence-electron chi connectivity index (χ2n) is 3.52. The van der Waals surface area contributed by atoms with Gasteiger partial charge in [-0.25, -0.2) is 0 Å². The first-order valence-electron chi connectivity index (χ1n) is 5.48. The Morgan fingerprint density at radius 1 is 1.14 bits per heavy atom. The van der Waals surface area contributed by atoms with Crippen molar-refractivity contribution in [3.8, 4) is 23.7 Å². The van der Waals surface area contributed by atoms with E-state index in [2.05, 4.69) is 51.4 Å². The summed E-state index contributed by atoms with van der Waals surface area (Å²) in [6, 6.07) is 0. The van der Waals surface area contributed by atoms with Crippen molar-refractivity contribution >= 4 is 0 Å². The molecule has 0 N–H and O–H groups in total. The normalized spacial score (nSPS) is 11.2. The largest absolute Gasteiger partial charge is 0.104 e. The maximum absolute atomic E-state index is 3.26. The van der Waals surface area contributed by atoms with E-state index < -0.39 is 0 Å². The molecule has 77 valence electrons. The molecule has 0 aromatic carbocycles. The molecular weight excluding hydrogens is 168 g/mol. The third-order valence-electron chi connectivity index (χ3n) is 2.10. The van der Waals surface area contributed by atoms with Gasteiger partial charge in [0.2, 0.25) is 0 Å². The standard InChI is InChI=1S/C14H21/c1-5-7-9-11-13(3)14(4)12-10-8-6-2/h13H,5-7,12H2,1-4H3. The minimum Gasteiger partial charge on any atom is -0.104 e. The van der Waals surface area contributed by atoms with Gasteiger partial charge in [-0.15, -0.1) is 17.8 Å². The summed E-state index contributed by atoms with van der Waals surface area (Å²) in [4.78, 5) is 0. The maximum atomic E-state index is 3.26. The Morgan fingerprint density at radius 3 is 2.43 bits per heavy atom. The third-order valence-corrected chi connectivity index (χ3v) is 2.10. The highest BCUT2D eigenvalue weighted by Crippen LogP contribution is 2.15. The molecule has 0 bridgehead atoms. The molecule has 0 aromatic rings. The smallest absolute Gasteiger partial charge is 0.0243 e. The summed E-state index contributed by atoms with van der Waals surface area (Å²) in [5, 5.41) is 0. The molecular formula is C14H21. The first-order chi connectivity index (χ1) is 6.72. The van der Waals surface area contributed by atoms with E-state index in [0.717, 1.165) is 25.7 Å². The van der Waals surface area contributed by atoms with Gasteiger partial charge in [0.1, 0.15) is 0 Å². The van der Waals surface area contributed by atoms with E-state index in [9.17, 15) is 0 Å². The van der Waals surface area contributed by atoms with Crippen molar-refractivity contribution < 1.29 is 0 Å². The molecule has 1 radical (unpaired) electrons. The lowest BCUT2D eigenvalue weighted by molar-refractivity contribution is 0.734. The fraction of sp³-hybridized carbons (Fsp3) is 0.643. The minimum absolute atomic E-state index is 0.396. The van der Waals surface area contributed by atoms with Crippen LogP contribution in [0.2, 0.25) is 0 Å². The lowest BCUT2D eigenvalue weighted by atomic mass is 9.93. The summed E-state index contributed by atoms with van der Waals surface area (Å²) in [6.07, 6.45) is 4.01. The summed E-state index contributed by atoms with van der Waals surface area (Å²) in [5.41, 5.74) is 0. The van der Waals surface area contributed by atoms with Crippen LogP contribution in [0.5, 0.6) is 0 Å². The predicted octanol–water partition coefficient (Wildman–Crippen LogP) is 3.82. The van der Waals surface area contributed by atoms with Gasteiger partial charge in [-0.05, 0) is 12.3 Å². The molecule has 0 aliphatic heterocycles. The van der Waals surface area contributed by atoms with Crippen molar-refractivity contribution in [1.82, 2.24) is 0 Å². The second-order valence-corrected chi connectivity index (χ2v) is 3.52. The zero-order chi connectivity index (χ0) is 10.8. The van der Waals surface area contributed by atoms with Crippen LogP contribution in [-0.4, -0.2) is 0 Å². The van der Waals surface area contributed by atoms with Gasteiger partial charge in [-0.1, -0.05) is 33.6 Å². The van der Waals surface area contributed by atoms with E-state index in [-0.39, 0.29) is 0 Å². The SMILES string of the molecule is CCC#CC[C](C)C(C)C#CCCC. The Labute approximate surface area is 89.5 Å². The molecule has 0 aliphatic rings. The molecule has 0 saturated carbocycles. The highest BCUT2D eigenvalue weighted by atomic mass is 14.1. The monoisotopic (exact) mass is 189 g/mol. The highest BCUT2D eigenvalue weighted by Gasteiger charge is 2.07. The van der Waals surface area contributed by atoms with E-state index in [4.69, 9.17) is 0 Å². The molecule has 0 heterocycles. The van der Waals surface area contributed by atoms with E-state index in [0.29, 0.717) is 5.92 Å². The van der Waals surface area contributed by atoms with Crippen LogP contribution >= 0.6 is 0 Å². The van der Waals surface area contributed by atoms with Gasteiger partial charge < -0.3 is 0 Å². The van der Waals surface area contributed by atoms with Gasteiger partial charge in [0.15, 0.2) is 0 Å². The van der Waals surface area contributed by atoms with Gasteiger partial charge in [-0.3, -0.25) is 0 Å². The van der Waals surface area contributed by atoms with Crippen LogP contribution in [0.25, 0.3) is 0 Å². The number of unbranched alkanes of at least 4 members (excludes halogenated alkanes) is 1. The molecule has 0 heteroatoms. The Balaban J connectivity index is 3.88. The average molecular weight is 189 g/mol. The van der Waals surface area contributed by atoms with Crippen LogP contribution < -0.4 is 0 Å². The van der Waals surface area contributed by atoms with Gasteiger partial charge in [0, 0.05) is 25.2 Å². The van der Waals surface area contributed by atoms with Crippen molar-refractivity contribution in [3.63, 3.8) is 0 Å². The summed E-state index contributed by atoms with van der Waals surface area (Å²) in [7, 11) is 0. The van der Waals surface area contributed by atoms with Crippen molar-refractivity contribution in [3.05, 3.63) is 5.92 Å². The molecule has 0 aromatic heterocycles. The number of hydrogen-bond acceptors (Lipinski definition) is 0. The molecule has 1 unspecified atom stereocenters. The summed E-state index contributed by atoms with van der Waals surface area (Å²) < 4.78 is 0. The molecule has 0 amide bonds. The lowest BCUT2D eigenvalue weighted by Gasteiger charge is -2.09. The zero-order valence-corrected chi connectivity index (χ0v) is 9.91. The fourth-order valence-electron chi connectivity index (χ4n) is 0.953. The van der Waals surface area contributed by atoms with E-state index in [1.165, 1.54) is 5.92 Å². The Hall–Kier alpha value is -0.880. The van der Waals surface area contributed by atoms with Crippen LogP contribution in [0.1, 0.15) is 53.4 Å². The van der Waals surface area contributed by atoms with E-state index in [1.807, 2.05) is 0 Å². The lowest BCUT2D eigenvalue weighted by Crippen LogP contribution is -2.02. The second kappa shape index (κ2) is 8.71. The Morgan fingerprint density at radius 2 is 1.86 bits per heavy atom. The van der Waals surface area contributed by atoms with Gasteiger partial charge in [0.25, 0.3) is 0 Å². The predicted molar refractivity (Wildman–Crippen MR) is 63.4 cm³/mol. The van der Waals surface area contributed by atoms with Gasteiger partial charge in [-0.2, -0.15) is 0 Å². The van der Waals surface area contributed by atoms with Crippen LogP contribution in [0, 0.1) is 35.5 Å². The number of rotatable bonds is 3. The zero-order valence-electron chi connectivity index (χ0n) is 9.91. The first-order valence-corrected chi connectivity index (χ1v) is 5.48. The van der Waals surface area contributed by atoms with Crippen molar-refractivity contribution in [2.24, 2.45) is 5.92 Å². The molecule has 0 saturated heterocycles. The highest BCUT2D eigenvalue weighted by molar-refractivity contribution is 5.16. The minimum atomic E-state index is 0.396. The topological polar surface area (TPSA) is 0 Å². The molecule has 0 rings (SSSR count). The maximum Gasteiger partial charge on any atom is 0.0243 e. The van der Waals surface area contributed by atoms with E-state index in [1.54, 1.807) is 0 Å². The summed E-state index contributed by atoms with van der Waals surface area (Å²) >= 11 is 0. The van der Waals surface area contributed by atoms with Gasteiger partial charge in [0.05, 0.1) is 0 Å². The van der Waals surface area contributed by atoms with Crippen LogP contribution in [0.4, 0.5) is 0 Å². The Bertz CT molecular complexity index is 241. The van der Waals surface area contributed by atoms with Crippen LogP contribution in [-0.2, 0) is 0 Å². The number of hydrogen-bond donors (Lipinski definition) is 0. The van der Waals surface area contributed by atoms with E-state index >= 15 is 0 Å². The van der Waals surface area contributed by atoms with Crippen molar-refractivity contribution in [2.45, 2.75) is 53.4 Å². The average Bonchev–Trinajstić information content (AvgIpc) is 2.18. The molecule has 0 spiro atoms. The molecule has 14 heavy (non-hydrogen) atoms. The van der Waals surface area contributed by atoms with Crippen molar-refractivity contribution in [1.29, 1.82) is 0 Å². The molecule has 0 nitrogen and oxygen atoms in total. The van der Waals surface area contributed by atoms with Crippen LogP contribution in [0.3, 0.4) is 0 Å². The molecule has 0 aliphatic carbocycles. The third kappa shape index (κ3) is 6.62.